The number of benzene rings is 1. The normalized spacial score (nSPS) is 14.6. The Labute approximate surface area is 185 Å². The van der Waals surface area contributed by atoms with Gasteiger partial charge in [-0.25, -0.2) is 19.3 Å². The summed E-state index contributed by atoms with van der Waals surface area (Å²) in [4.78, 5) is 47.4. The Bertz CT molecular complexity index is 1240. The summed E-state index contributed by atoms with van der Waals surface area (Å²) >= 11 is 0. The van der Waals surface area contributed by atoms with E-state index >= 15 is 0 Å². The summed E-state index contributed by atoms with van der Waals surface area (Å²) in [5, 5.41) is 0. The summed E-state index contributed by atoms with van der Waals surface area (Å²) in [6.07, 6.45) is 5.12. The summed E-state index contributed by atoms with van der Waals surface area (Å²) in [5.41, 5.74) is 7.10. The first-order chi connectivity index (χ1) is 15.4. The molecule has 1 fully saturated rings. The number of ether oxygens (including phenoxy) is 1. The Balaban J connectivity index is 2.02. The SMILES string of the molecule is CCOC(=O)Cn1c(=O)n(-c2cccc(C)c2)c2nc(C3CCCCC3)nc(C(N)=O)c21. The topological polar surface area (TPSA) is 122 Å². The molecule has 0 spiro atoms. The number of rotatable bonds is 6. The van der Waals surface area contributed by atoms with Gasteiger partial charge in [0.25, 0.3) is 5.91 Å². The number of aromatic nitrogens is 4. The first kappa shape index (κ1) is 21.7. The molecule has 0 unspecified atom stereocenters. The van der Waals surface area contributed by atoms with Gasteiger partial charge in [-0.2, -0.15) is 0 Å². The Morgan fingerprint density at radius 2 is 1.94 bits per heavy atom. The van der Waals surface area contributed by atoms with E-state index in [1.807, 2.05) is 25.1 Å². The number of imidazole rings is 1. The third-order valence-corrected chi connectivity index (χ3v) is 5.84. The van der Waals surface area contributed by atoms with E-state index in [9.17, 15) is 14.4 Å². The maximum absolute atomic E-state index is 13.5. The molecule has 2 aromatic heterocycles. The van der Waals surface area contributed by atoms with Crippen molar-refractivity contribution >= 4 is 23.0 Å². The number of nitrogens with two attached hydrogens (primary N) is 1. The molecule has 9 nitrogen and oxygen atoms in total. The zero-order valence-corrected chi connectivity index (χ0v) is 18.3. The standard InChI is InChI=1S/C23H27N5O4/c1-3-32-17(29)13-27-19-18(20(24)30)25-21(15-9-5-4-6-10-15)26-22(19)28(23(27)31)16-11-7-8-14(2)12-16/h7-8,11-12,15H,3-6,9-10,13H2,1-2H3,(H2,24,30). The van der Waals surface area contributed by atoms with E-state index in [2.05, 4.69) is 4.98 Å². The van der Waals surface area contributed by atoms with Gasteiger partial charge in [-0.3, -0.25) is 14.2 Å². The van der Waals surface area contributed by atoms with Gasteiger partial charge in [-0.15, -0.1) is 0 Å². The molecule has 168 valence electrons. The van der Waals surface area contributed by atoms with Gasteiger partial charge in [0, 0.05) is 5.92 Å². The Morgan fingerprint density at radius 3 is 2.59 bits per heavy atom. The number of nitrogens with zero attached hydrogens (tertiary/aromatic N) is 4. The molecule has 0 saturated heterocycles. The van der Waals surface area contributed by atoms with Crippen molar-refractivity contribution in [3.8, 4) is 5.69 Å². The Hall–Kier alpha value is -3.49. The van der Waals surface area contributed by atoms with E-state index in [4.69, 9.17) is 15.5 Å². The maximum atomic E-state index is 13.5. The van der Waals surface area contributed by atoms with E-state index in [1.165, 1.54) is 9.13 Å². The Morgan fingerprint density at radius 1 is 1.19 bits per heavy atom. The van der Waals surface area contributed by atoms with Crippen molar-refractivity contribution in [1.82, 2.24) is 19.1 Å². The zero-order chi connectivity index (χ0) is 22.8. The molecular formula is C23H27N5O4. The van der Waals surface area contributed by atoms with Crippen LogP contribution in [-0.4, -0.2) is 37.6 Å². The van der Waals surface area contributed by atoms with Gasteiger partial charge >= 0.3 is 11.7 Å². The first-order valence-electron chi connectivity index (χ1n) is 11.0. The van der Waals surface area contributed by atoms with Crippen LogP contribution in [0.25, 0.3) is 16.9 Å². The first-order valence-corrected chi connectivity index (χ1v) is 11.0. The van der Waals surface area contributed by atoms with Gasteiger partial charge in [0.05, 0.1) is 12.3 Å². The summed E-state index contributed by atoms with van der Waals surface area (Å²) in [7, 11) is 0. The monoisotopic (exact) mass is 437 g/mol. The predicted octanol–water partition coefficient (Wildman–Crippen LogP) is 2.60. The molecule has 1 amide bonds. The summed E-state index contributed by atoms with van der Waals surface area (Å²) in [6, 6.07) is 7.39. The molecule has 0 aliphatic heterocycles. The van der Waals surface area contributed by atoms with Crippen molar-refractivity contribution in [2.45, 2.75) is 58.4 Å². The number of carbonyl (C=O) groups excluding carboxylic acids is 2. The quantitative estimate of drug-likeness (QED) is 0.592. The fourth-order valence-corrected chi connectivity index (χ4v) is 4.37. The van der Waals surface area contributed by atoms with Gasteiger partial charge in [0.15, 0.2) is 11.3 Å². The lowest BCUT2D eigenvalue weighted by Crippen LogP contribution is -2.28. The van der Waals surface area contributed by atoms with E-state index in [0.29, 0.717) is 11.5 Å². The average Bonchev–Trinajstić information content (AvgIpc) is 3.05. The number of carbonyl (C=O) groups is 2. The van der Waals surface area contributed by atoms with Crippen molar-refractivity contribution in [2.75, 3.05) is 6.61 Å². The number of hydrogen-bond donors (Lipinski definition) is 1. The predicted molar refractivity (Wildman–Crippen MR) is 119 cm³/mol. The second kappa shape index (κ2) is 8.94. The highest BCUT2D eigenvalue weighted by Crippen LogP contribution is 2.32. The zero-order valence-electron chi connectivity index (χ0n) is 18.3. The molecule has 4 rings (SSSR count). The van der Waals surface area contributed by atoms with Crippen molar-refractivity contribution < 1.29 is 14.3 Å². The molecule has 0 radical (unpaired) electrons. The fourth-order valence-electron chi connectivity index (χ4n) is 4.37. The summed E-state index contributed by atoms with van der Waals surface area (Å²) in [5.74, 6) is -0.750. The summed E-state index contributed by atoms with van der Waals surface area (Å²) in [6.45, 7) is 3.41. The van der Waals surface area contributed by atoms with Crippen LogP contribution in [0.2, 0.25) is 0 Å². The third-order valence-electron chi connectivity index (χ3n) is 5.84. The van der Waals surface area contributed by atoms with Crippen molar-refractivity contribution in [1.29, 1.82) is 0 Å². The largest absolute Gasteiger partial charge is 0.465 e. The average molecular weight is 438 g/mol. The maximum Gasteiger partial charge on any atom is 0.335 e. The molecule has 3 aromatic rings. The molecular weight excluding hydrogens is 410 g/mol. The molecule has 9 heteroatoms. The minimum absolute atomic E-state index is 0.0524. The molecule has 32 heavy (non-hydrogen) atoms. The third kappa shape index (κ3) is 4.02. The number of amides is 1. The number of primary amides is 1. The second-order valence-corrected chi connectivity index (χ2v) is 8.15. The second-order valence-electron chi connectivity index (χ2n) is 8.15. The minimum atomic E-state index is -0.770. The Kier molecular flexibility index (Phi) is 6.07. The number of hydrogen-bond acceptors (Lipinski definition) is 6. The van der Waals surface area contributed by atoms with E-state index in [-0.39, 0.29) is 35.9 Å². The number of aryl methyl sites for hydroxylation is 1. The highest BCUT2D eigenvalue weighted by molar-refractivity contribution is 6.02. The lowest BCUT2D eigenvalue weighted by atomic mass is 9.88. The van der Waals surface area contributed by atoms with Crippen LogP contribution in [0.5, 0.6) is 0 Å². The van der Waals surface area contributed by atoms with Gasteiger partial charge in [0.1, 0.15) is 17.9 Å². The van der Waals surface area contributed by atoms with Crippen LogP contribution in [0.1, 0.15) is 66.8 Å². The van der Waals surface area contributed by atoms with Crippen molar-refractivity contribution in [2.24, 2.45) is 5.73 Å². The van der Waals surface area contributed by atoms with Crippen molar-refractivity contribution in [3.63, 3.8) is 0 Å². The highest BCUT2D eigenvalue weighted by atomic mass is 16.5. The van der Waals surface area contributed by atoms with E-state index < -0.39 is 17.6 Å². The molecule has 2 N–H and O–H groups in total. The van der Waals surface area contributed by atoms with Crippen LogP contribution >= 0.6 is 0 Å². The molecule has 1 saturated carbocycles. The molecule has 0 atom stereocenters. The number of fused-ring (bicyclic) bond motifs is 1. The van der Waals surface area contributed by atoms with Gasteiger partial charge in [0.2, 0.25) is 0 Å². The smallest absolute Gasteiger partial charge is 0.335 e. The fraction of sp³-hybridized carbons (Fsp3) is 0.435. The van der Waals surface area contributed by atoms with Crippen LogP contribution < -0.4 is 11.4 Å². The van der Waals surface area contributed by atoms with Crippen LogP contribution in [0, 0.1) is 6.92 Å². The molecule has 1 aliphatic carbocycles. The van der Waals surface area contributed by atoms with Crippen LogP contribution in [-0.2, 0) is 16.1 Å². The van der Waals surface area contributed by atoms with E-state index in [1.54, 1.807) is 13.0 Å². The van der Waals surface area contributed by atoms with Gasteiger partial charge < -0.3 is 10.5 Å². The van der Waals surface area contributed by atoms with E-state index in [0.717, 1.165) is 37.7 Å². The molecule has 2 heterocycles. The lowest BCUT2D eigenvalue weighted by molar-refractivity contribution is -0.143. The van der Waals surface area contributed by atoms with Crippen LogP contribution in [0.3, 0.4) is 0 Å². The van der Waals surface area contributed by atoms with Crippen molar-refractivity contribution in [3.05, 3.63) is 51.8 Å². The minimum Gasteiger partial charge on any atom is -0.465 e. The van der Waals surface area contributed by atoms with Crippen LogP contribution in [0.4, 0.5) is 0 Å². The number of esters is 1. The van der Waals surface area contributed by atoms with Crippen LogP contribution in [0.15, 0.2) is 29.1 Å². The molecule has 0 bridgehead atoms. The van der Waals surface area contributed by atoms with Gasteiger partial charge in [-0.05, 0) is 44.4 Å². The summed E-state index contributed by atoms with van der Waals surface area (Å²) < 4.78 is 7.64. The lowest BCUT2D eigenvalue weighted by Gasteiger charge is -2.20. The highest BCUT2D eigenvalue weighted by Gasteiger charge is 2.28. The molecule has 1 aliphatic rings. The molecule has 1 aromatic carbocycles. The van der Waals surface area contributed by atoms with Gasteiger partial charge in [-0.1, -0.05) is 31.4 Å².